The van der Waals surface area contributed by atoms with Gasteiger partial charge in [-0.25, -0.2) is 0 Å². The van der Waals surface area contributed by atoms with Gasteiger partial charge in [-0.2, -0.15) is 0 Å². The highest BCUT2D eigenvalue weighted by molar-refractivity contribution is 5.95. The number of carbonyl (C=O) groups is 1. The number of amides is 1. The van der Waals surface area contributed by atoms with Crippen molar-refractivity contribution in [1.29, 1.82) is 0 Å². The van der Waals surface area contributed by atoms with Crippen LogP contribution < -0.4 is 16.8 Å². The second-order valence-corrected chi connectivity index (χ2v) is 5.02. The van der Waals surface area contributed by atoms with Crippen molar-refractivity contribution in [1.82, 2.24) is 0 Å². The molecule has 4 nitrogen and oxygen atoms in total. The summed E-state index contributed by atoms with van der Waals surface area (Å²) in [5, 5.41) is 3.52. The Kier molecular flexibility index (Phi) is 3.87. The Labute approximate surface area is 108 Å². The zero-order chi connectivity index (χ0) is 13.1. The fourth-order valence-corrected chi connectivity index (χ4v) is 2.77. The van der Waals surface area contributed by atoms with E-state index in [2.05, 4.69) is 5.32 Å². The molecule has 0 bridgehead atoms. The highest BCUT2D eigenvalue weighted by atomic mass is 16.1. The Morgan fingerprint density at radius 1 is 1.44 bits per heavy atom. The van der Waals surface area contributed by atoms with Gasteiger partial charge in [0, 0.05) is 17.3 Å². The molecule has 5 N–H and O–H groups in total. The van der Waals surface area contributed by atoms with E-state index in [0.717, 1.165) is 17.7 Å². The van der Waals surface area contributed by atoms with Gasteiger partial charge in [0.2, 0.25) is 5.91 Å². The number of hydrogen-bond acceptors (Lipinski definition) is 3. The summed E-state index contributed by atoms with van der Waals surface area (Å²) in [4.78, 5) is 11.3. The molecule has 0 heterocycles. The van der Waals surface area contributed by atoms with E-state index in [1.54, 1.807) is 6.07 Å². The Bertz CT molecular complexity index is 445. The predicted octanol–water partition coefficient (Wildman–Crippen LogP) is 1.63. The summed E-state index contributed by atoms with van der Waals surface area (Å²) in [6.45, 7) is 2.64. The number of anilines is 1. The number of nitrogens with one attached hydrogen (secondary N) is 1. The van der Waals surface area contributed by atoms with Gasteiger partial charge in [-0.3, -0.25) is 4.79 Å². The summed E-state index contributed by atoms with van der Waals surface area (Å²) >= 11 is 0. The monoisotopic (exact) mass is 247 g/mol. The minimum Gasteiger partial charge on any atom is -0.382 e. The van der Waals surface area contributed by atoms with Gasteiger partial charge in [0.15, 0.2) is 0 Å². The minimum absolute atomic E-state index is 0.377. The molecule has 4 heteroatoms. The van der Waals surface area contributed by atoms with Crippen LogP contribution in [-0.4, -0.2) is 18.5 Å². The third-order valence-electron chi connectivity index (χ3n) is 3.90. The molecule has 1 saturated carbocycles. The summed E-state index contributed by atoms with van der Waals surface area (Å²) in [6.07, 6.45) is 3.54. The molecule has 2 unspecified atom stereocenters. The number of hydrogen-bond donors (Lipinski definition) is 3. The minimum atomic E-state index is -0.377. The van der Waals surface area contributed by atoms with Gasteiger partial charge >= 0.3 is 0 Å². The van der Waals surface area contributed by atoms with Gasteiger partial charge in [0.25, 0.3) is 0 Å². The van der Waals surface area contributed by atoms with Crippen molar-refractivity contribution < 1.29 is 4.79 Å². The van der Waals surface area contributed by atoms with Crippen molar-refractivity contribution in [3.05, 3.63) is 29.3 Å². The molecular formula is C14H21N3O. The predicted molar refractivity (Wildman–Crippen MR) is 73.5 cm³/mol. The second kappa shape index (κ2) is 5.40. The van der Waals surface area contributed by atoms with Crippen molar-refractivity contribution in [2.75, 3.05) is 11.9 Å². The van der Waals surface area contributed by atoms with E-state index in [-0.39, 0.29) is 5.91 Å². The van der Waals surface area contributed by atoms with Crippen LogP contribution in [0, 0.1) is 12.8 Å². The van der Waals surface area contributed by atoms with Crippen LogP contribution in [0.25, 0.3) is 0 Å². The lowest BCUT2D eigenvalue weighted by atomic mass is 10.0. The molecule has 1 aromatic carbocycles. The lowest BCUT2D eigenvalue weighted by Gasteiger charge is -2.22. The number of nitrogens with two attached hydrogens (primary N) is 2. The van der Waals surface area contributed by atoms with Crippen molar-refractivity contribution in [2.45, 2.75) is 32.2 Å². The normalized spacial score (nSPS) is 23.0. The maximum absolute atomic E-state index is 11.3. The van der Waals surface area contributed by atoms with Gasteiger partial charge in [-0.05, 0) is 49.9 Å². The quantitative estimate of drug-likeness (QED) is 0.756. The lowest BCUT2D eigenvalue weighted by Crippen LogP contribution is -2.30. The van der Waals surface area contributed by atoms with Crippen LogP contribution in [0.3, 0.4) is 0 Å². The van der Waals surface area contributed by atoms with E-state index < -0.39 is 0 Å². The van der Waals surface area contributed by atoms with Gasteiger partial charge in [0.05, 0.1) is 0 Å². The van der Waals surface area contributed by atoms with Crippen LogP contribution in [0.5, 0.6) is 0 Å². The second-order valence-electron chi connectivity index (χ2n) is 5.02. The number of carbonyl (C=O) groups excluding carboxylic acids is 1. The molecule has 1 aliphatic carbocycles. The zero-order valence-corrected chi connectivity index (χ0v) is 10.8. The van der Waals surface area contributed by atoms with Crippen LogP contribution in [0.1, 0.15) is 35.2 Å². The number of rotatable bonds is 4. The third-order valence-corrected chi connectivity index (χ3v) is 3.90. The third kappa shape index (κ3) is 2.48. The average Bonchev–Trinajstić information content (AvgIpc) is 2.78. The molecule has 2 atom stereocenters. The van der Waals surface area contributed by atoms with Gasteiger partial charge in [0.1, 0.15) is 0 Å². The largest absolute Gasteiger partial charge is 0.382 e. The van der Waals surface area contributed by atoms with E-state index in [0.29, 0.717) is 24.1 Å². The lowest BCUT2D eigenvalue weighted by molar-refractivity contribution is 0.1000. The smallest absolute Gasteiger partial charge is 0.249 e. The van der Waals surface area contributed by atoms with E-state index in [1.165, 1.54) is 12.8 Å². The van der Waals surface area contributed by atoms with E-state index >= 15 is 0 Å². The molecule has 18 heavy (non-hydrogen) atoms. The average molecular weight is 247 g/mol. The molecule has 0 saturated heterocycles. The fourth-order valence-electron chi connectivity index (χ4n) is 2.77. The van der Waals surface area contributed by atoms with Crippen LogP contribution >= 0.6 is 0 Å². The standard InChI is InChI=1S/C14H21N3O/c1-9-11(14(16)18)5-3-6-12(9)17-13-7-2-4-10(13)8-15/h3,5-6,10,13,17H,2,4,7-8,15H2,1H3,(H2,16,18). The molecule has 0 aromatic heterocycles. The summed E-state index contributed by atoms with van der Waals surface area (Å²) < 4.78 is 0. The summed E-state index contributed by atoms with van der Waals surface area (Å²) in [5.41, 5.74) is 13.6. The molecular weight excluding hydrogens is 226 g/mol. The first-order valence-corrected chi connectivity index (χ1v) is 6.49. The van der Waals surface area contributed by atoms with Crippen molar-refractivity contribution in [3.8, 4) is 0 Å². The SMILES string of the molecule is Cc1c(NC2CCCC2CN)cccc1C(N)=O. The maximum Gasteiger partial charge on any atom is 0.249 e. The van der Waals surface area contributed by atoms with Gasteiger partial charge < -0.3 is 16.8 Å². The van der Waals surface area contributed by atoms with Crippen LogP contribution in [0.2, 0.25) is 0 Å². The molecule has 0 spiro atoms. The van der Waals surface area contributed by atoms with Crippen molar-refractivity contribution in [3.63, 3.8) is 0 Å². The Morgan fingerprint density at radius 2 is 2.22 bits per heavy atom. The van der Waals surface area contributed by atoms with Crippen molar-refractivity contribution >= 4 is 11.6 Å². The number of benzene rings is 1. The van der Waals surface area contributed by atoms with Gasteiger partial charge in [-0.1, -0.05) is 12.5 Å². The molecule has 1 fully saturated rings. The number of primary amides is 1. The molecule has 1 amide bonds. The first-order valence-electron chi connectivity index (χ1n) is 6.49. The first kappa shape index (κ1) is 12.9. The van der Waals surface area contributed by atoms with Crippen LogP contribution in [0.15, 0.2) is 18.2 Å². The van der Waals surface area contributed by atoms with Crippen LogP contribution in [-0.2, 0) is 0 Å². The van der Waals surface area contributed by atoms with Gasteiger partial charge in [-0.15, -0.1) is 0 Å². The van der Waals surface area contributed by atoms with Crippen molar-refractivity contribution in [2.24, 2.45) is 17.4 Å². The Hall–Kier alpha value is -1.55. The summed E-state index contributed by atoms with van der Waals surface area (Å²) in [7, 11) is 0. The molecule has 0 radical (unpaired) electrons. The highest BCUT2D eigenvalue weighted by Crippen LogP contribution is 2.29. The highest BCUT2D eigenvalue weighted by Gasteiger charge is 2.26. The zero-order valence-electron chi connectivity index (χ0n) is 10.8. The molecule has 98 valence electrons. The van der Waals surface area contributed by atoms with Crippen LogP contribution in [0.4, 0.5) is 5.69 Å². The maximum atomic E-state index is 11.3. The fraction of sp³-hybridized carbons (Fsp3) is 0.500. The Morgan fingerprint density at radius 3 is 2.89 bits per heavy atom. The van der Waals surface area contributed by atoms with E-state index in [9.17, 15) is 4.79 Å². The van der Waals surface area contributed by atoms with E-state index in [4.69, 9.17) is 11.5 Å². The molecule has 1 aliphatic rings. The summed E-state index contributed by atoms with van der Waals surface area (Å²) in [5.74, 6) is 0.152. The van der Waals surface area contributed by atoms with E-state index in [1.807, 2.05) is 19.1 Å². The molecule has 0 aliphatic heterocycles. The molecule has 1 aromatic rings. The topological polar surface area (TPSA) is 81.1 Å². The molecule has 2 rings (SSSR count). The first-order chi connectivity index (χ1) is 8.63. The summed E-state index contributed by atoms with van der Waals surface area (Å²) in [6, 6.07) is 6.03. The Balaban J connectivity index is 2.19.